The summed E-state index contributed by atoms with van der Waals surface area (Å²) in [6, 6.07) is 15.7. The van der Waals surface area contributed by atoms with Gasteiger partial charge in [0.1, 0.15) is 0 Å². The molecule has 10 heteroatoms. The number of ether oxygens (including phenoxy) is 2. The number of thiocarbonyl (C=S) groups is 1. The van der Waals surface area contributed by atoms with Gasteiger partial charge < -0.3 is 20.1 Å². The van der Waals surface area contributed by atoms with Crippen LogP contribution in [-0.2, 0) is 19.1 Å². The average molecular weight is 440 g/mol. The topological polar surface area (TPSA) is 118 Å². The summed E-state index contributed by atoms with van der Waals surface area (Å²) in [5.41, 5.74) is 6.14. The molecule has 0 radical (unpaired) electrons. The Balaban J connectivity index is 1.64. The molecule has 4 N–H and O–H groups in total. The van der Waals surface area contributed by atoms with Crippen LogP contribution < -0.4 is 21.5 Å². The number of amides is 1. The maximum Gasteiger partial charge on any atom is 0.350 e. The van der Waals surface area contributed by atoms with Crippen molar-refractivity contribution in [2.75, 3.05) is 10.6 Å². The second-order valence-electron chi connectivity index (χ2n) is 6.83. The van der Waals surface area contributed by atoms with Crippen molar-refractivity contribution in [2.24, 2.45) is 0 Å². The molecule has 1 aliphatic rings. The lowest BCUT2D eigenvalue weighted by molar-refractivity contribution is -0.222. The molecule has 1 aliphatic heterocycles. The molecule has 0 saturated carbocycles. The SMILES string of the molecule is CC1(C)OC(=O)C(=CNc2ccccc2C(=O)NNC(=S)Nc2ccccc2)C(=O)O1. The number of carbonyl (C=O) groups excluding carboxylic acids is 3. The van der Waals surface area contributed by atoms with Gasteiger partial charge in [-0.15, -0.1) is 0 Å². The molecule has 0 bridgehead atoms. The van der Waals surface area contributed by atoms with E-state index in [1.54, 1.807) is 24.3 Å². The molecule has 0 atom stereocenters. The minimum Gasteiger partial charge on any atom is -0.419 e. The number of hydrazine groups is 1. The standard InChI is InChI=1S/C21H20N4O5S/c1-21(2)29-18(27)15(19(28)30-21)12-22-16-11-7-6-10-14(16)17(26)24-25-20(31)23-13-8-4-3-5-9-13/h3-12,22H,1-2H3,(H,24,26)(H2,23,25,31). The van der Waals surface area contributed by atoms with Crippen LogP contribution in [0, 0.1) is 0 Å². The van der Waals surface area contributed by atoms with Crippen LogP contribution in [0.1, 0.15) is 24.2 Å². The highest BCUT2D eigenvalue weighted by Crippen LogP contribution is 2.23. The summed E-state index contributed by atoms with van der Waals surface area (Å²) < 4.78 is 10.1. The summed E-state index contributed by atoms with van der Waals surface area (Å²) in [7, 11) is 0. The number of nitrogens with one attached hydrogen (secondary N) is 4. The maximum atomic E-state index is 12.6. The van der Waals surface area contributed by atoms with E-state index >= 15 is 0 Å². The molecule has 9 nitrogen and oxygen atoms in total. The fraction of sp³-hybridized carbons (Fsp3) is 0.143. The zero-order valence-electron chi connectivity index (χ0n) is 16.7. The van der Waals surface area contributed by atoms with E-state index < -0.39 is 23.6 Å². The highest BCUT2D eigenvalue weighted by atomic mass is 32.1. The summed E-state index contributed by atoms with van der Waals surface area (Å²) in [6.07, 6.45) is 1.14. The Morgan fingerprint density at radius 3 is 2.23 bits per heavy atom. The van der Waals surface area contributed by atoms with E-state index in [0.717, 1.165) is 11.9 Å². The van der Waals surface area contributed by atoms with E-state index in [0.29, 0.717) is 5.69 Å². The van der Waals surface area contributed by atoms with Crippen molar-refractivity contribution in [3.63, 3.8) is 0 Å². The molecule has 0 spiro atoms. The number of esters is 2. The van der Waals surface area contributed by atoms with Crippen LogP contribution in [0.5, 0.6) is 0 Å². The summed E-state index contributed by atoms with van der Waals surface area (Å²) >= 11 is 5.15. The van der Waals surface area contributed by atoms with Gasteiger partial charge in [0.2, 0.25) is 0 Å². The smallest absolute Gasteiger partial charge is 0.350 e. The molecule has 3 rings (SSSR count). The number of hydrogen-bond donors (Lipinski definition) is 4. The van der Waals surface area contributed by atoms with Crippen LogP contribution in [0.25, 0.3) is 0 Å². The third kappa shape index (κ3) is 5.80. The van der Waals surface area contributed by atoms with Gasteiger partial charge in [-0.05, 0) is 36.5 Å². The van der Waals surface area contributed by atoms with Crippen LogP contribution in [0.15, 0.2) is 66.4 Å². The van der Waals surface area contributed by atoms with Crippen molar-refractivity contribution in [1.29, 1.82) is 0 Å². The molecule has 1 heterocycles. The molecule has 0 aliphatic carbocycles. The van der Waals surface area contributed by atoms with Gasteiger partial charge in [0.25, 0.3) is 11.7 Å². The van der Waals surface area contributed by atoms with Gasteiger partial charge in [-0.3, -0.25) is 15.6 Å². The van der Waals surface area contributed by atoms with Gasteiger partial charge in [-0.2, -0.15) is 0 Å². The summed E-state index contributed by atoms with van der Waals surface area (Å²) in [5, 5.41) is 5.90. The number of hydrogen-bond acceptors (Lipinski definition) is 7. The molecule has 160 valence electrons. The van der Waals surface area contributed by atoms with E-state index in [1.807, 2.05) is 30.3 Å². The molecule has 2 aromatic carbocycles. The van der Waals surface area contributed by atoms with Crippen LogP contribution in [0.3, 0.4) is 0 Å². The highest BCUT2D eigenvalue weighted by Gasteiger charge is 2.39. The molecule has 1 fully saturated rings. The molecule has 1 saturated heterocycles. The summed E-state index contributed by atoms with van der Waals surface area (Å²) in [6.45, 7) is 2.91. The summed E-state index contributed by atoms with van der Waals surface area (Å²) in [5.74, 6) is -3.47. The molecule has 0 aromatic heterocycles. The van der Waals surface area contributed by atoms with Gasteiger partial charge in [0, 0.05) is 25.7 Å². The van der Waals surface area contributed by atoms with Crippen LogP contribution in [0.4, 0.5) is 11.4 Å². The van der Waals surface area contributed by atoms with E-state index in [9.17, 15) is 14.4 Å². The first-order valence-corrected chi connectivity index (χ1v) is 9.61. The molecule has 1 amide bonds. The minimum atomic E-state index is -1.33. The largest absolute Gasteiger partial charge is 0.419 e. The Kier molecular flexibility index (Phi) is 6.51. The quantitative estimate of drug-likeness (QED) is 0.187. The van der Waals surface area contributed by atoms with E-state index in [1.165, 1.54) is 13.8 Å². The van der Waals surface area contributed by atoms with E-state index in [-0.39, 0.29) is 16.2 Å². The molecule has 31 heavy (non-hydrogen) atoms. The van der Waals surface area contributed by atoms with E-state index in [4.69, 9.17) is 21.7 Å². The Labute approximate surface area is 183 Å². The third-order valence-corrected chi connectivity index (χ3v) is 4.19. The third-order valence-electron chi connectivity index (χ3n) is 3.98. The molecule has 2 aromatic rings. The van der Waals surface area contributed by atoms with Crippen molar-refractivity contribution in [3.8, 4) is 0 Å². The van der Waals surface area contributed by atoms with Gasteiger partial charge in [0.15, 0.2) is 10.7 Å². The van der Waals surface area contributed by atoms with Gasteiger partial charge >= 0.3 is 11.9 Å². The average Bonchev–Trinajstić information content (AvgIpc) is 2.71. The predicted molar refractivity (Wildman–Crippen MR) is 118 cm³/mol. The van der Waals surface area contributed by atoms with Crippen molar-refractivity contribution in [1.82, 2.24) is 10.9 Å². The molecule has 0 unspecified atom stereocenters. The van der Waals surface area contributed by atoms with Crippen molar-refractivity contribution >= 4 is 46.6 Å². The monoisotopic (exact) mass is 440 g/mol. The lowest BCUT2D eigenvalue weighted by Gasteiger charge is -2.29. The Bertz CT molecular complexity index is 1030. The second-order valence-corrected chi connectivity index (χ2v) is 7.23. The first kappa shape index (κ1) is 21.8. The van der Waals surface area contributed by atoms with Crippen molar-refractivity contribution in [3.05, 3.63) is 71.9 Å². The first-order valence-electron chi connectivity index (χ1n) is 9.20. The second kappa shape index (κ2) is 9.26. The van der Waals surface area contributed by atoms with Crippen LogP contribution >= 0.6 is 12.2 Å². The normalized spacial score (nSPS) is 14.6. The fourth-order valence-electron chi connectivity index (χ4n) is 2.60. The zero-order valence-corrected chi connectivity index (χ0v) is 17.5. The summed E-state index contributed by atoms with van der Waals surface area (Å²) in [4.78, 5) is 36.7. The number of para-hydroxylation sites is 2. The van der Waals surface area contributed by atoms with Crippen LogP contribution in [-0.4, -0.2) is 28.7 Å². The van der Waals surface area contributed by atoms with Gasteiger partial charge in [-0.1, -0.05) is 30.3 Å². The van der Waals surface area contributed by atoms with Gasteiger partial charge in [-0.25, -0.2) is 9.59 Å². The van der Waals surface area contributed by atoms with Crippen molar-refractivity contribution < 1.29 is 23.9 Å². The predicted octanol–water partition coefficient (Wildman–Crippen LogP) is 2.45. The Hall–Kier alpha value is -3.92. The highest BCUT2D eigenvalue weighted by molar-refractivity contribution is 7.80. The number of carbonyl (C=O) groups is 3. The van der Waals surface area contributed by atoms with E-state index in [2.05, 4.69) is 21.5 Å². The molecular formula is C21H20N4O5S. The number of anilines is 2. The number of rotatable bonds is 4. The van der Waals surface area contributed by atoms with Gasteiger partial charge in [0.05, 0.1) is 11.3 Å². The Morgan fingerprint density at radius 2 is 1.55 bits per heavy atom. The Morgan fingerprint density at radius 1 is 0.935 bits per heavy atom. The lowest BCUT2D eigenvalue weighted by Crippen LogP contribution is -2.44. The lowest BCUT2D eigenvalue weighted by atomic mass is 10.1. The number of benzene rings is 2. The molecular weight excluding hydrogens is 420 g/mol. The number of cyclic esters (lactones) is 2. The van der Waals surface area contributed by atoms with Crippen molar-refractivity contribution in [2.45, 2.75) is 19.6 Å². The fourth-order valence-corrected chi connectivity index (χ4v) is 2.77. The van der Waals surface area contributed by atoms with Crippen LogP contribution in [0.2, 0.25) is 0 Å². The zero-order chi connectivity index (χ0) is 22.4. The first-order chi connectivity index (χ1) is 14.7. The minimum absolute atomic E-state index is 0.197. The maximum absolute atomic E-state index is 12.6.